The highest BCUT2D eigenvalue weighted by molar-refractivity contribution is 5.53. The molecule has 1 N–H and O–H groups in total. The summed E-state index contributed by atoms with van der Waals surface area (Å²) in [6.07, 6.45) is 10.8. The van der Waals surface area contributed by atoms with Gasteiger partial charge in [-0.05, 0) is 66.7 Å². The highest BCUT2D eigenvalue weighted by atomic mass is 16.7. The summed E-state index contributed by atoms with van der Waals surface area (Å²) in [5.74, 6) is -2.33. The van der Waals surface area contributed by atoms with Gasteiger partial charge in [-0.25, -0.2) is 0 Å². The standard InChI is InChI=1S/C38H66O10/c1-24(2)35(40)25(3)14-15-27(42-34-13-11-12-16-41-34)17-28-18-29(44-36(5,6)43-28)19-30-20-31(46-37(7,8)45-30)21-32-22-33(26(4)23-39)48-38(9,10)47-32/h14-15,23-35,40H,11-13,16-22H2,1-10H3/b15-14+/t25-,26+,27-,28-,29+,30-,31+,32+,33+,34?,35-/m0/s1. The summed E-state index contributed by atoms with van der Waals surface area (Å²) in [5, 5.41) is 10.6. The van der Waals surface area contributed by atoms with E-state index in [0.29, 0.717) is 45.1 Å². The largest absolute Gasteiger partial charge is 0.392 e. The second-order valence-corrected chi connectivity index (χ2v) is 16.4. The Labute approximate surface area is 289 Å². The van der Waals surface area contributed by atoms with Gasteiger partial charge in [0.1, 0.15) is 6.29 Å². The van der Waals surface area contributed by atoms with E-state index in [9.17, 15) is 9.90 Å². The van der Waals surface area contributed by atoms with Crippen LogP contribution in [0, 0.1) is 17.8 Å². The van der Waals surface area contributed by atoms with Crippen LogP contribution in [0.1, 0.15) is 127 Å². The third kappa shape index (κ3) is 12.4. The van der Waals surface area contributed by atoms with E-state index in [2.05, 4.69) is 12.2 Å². The van der Waals surface area contributed by atoms with Crippen LogP contribution >= 0.6 is 0 Å². The lowest BCUT2D eigenvalue weighted by molar-refractivity contribution is -0.336. The van der Waals surface area contributed by atoms with E-state index in [1.807, 2.05) is 69.2 Å². The number of hydrogen-bond acceptors (Lipinski definition) is 10. The molecular formula is C38H66O10. The molecule has 1 unspecified atom stereocenters. The molecule has 0 aliphatic carbocycles. The van der Waals surface area contributed by atoms with Crippen molar-refractivity contribution < 1.29 is 47.8 Å². The summed E-state index contributed by atoms with van der Waals surface area (Å²) in [5.41, 5.74) is 0. The number of ether oxygens (including phenoxy) is 8. The molecule has 10 nitrogen and oxygen atoms in total. The van der Waals surface area contributed by atoms with Crippen molar-refractivity contribution in [2.24, 2.45) is 17.8 Å². The van der Waals surface area contributed by atoms with Gasteiger partial charge >= 0.3 is 0 Å². The Morgan fingerprint density at radius 2 is 1.25 bits per heavy atom. The maximum Gasteiger partial charge on any atom is 0.163 e. The van der Waals surface area contributed by atoms with Crippen molar-refractivity contribution in [2.75, 3.05) is 6.61 Å². The zero-order chi connectivity index (χ0) is 35.3. The first-order valence-corrected chi connectivity index (χ1v) is 18.6. The molecule has 0 aromatic heterocycles. The van der Waals surface area contributed by atoms with Crippen LogP contribution in [-0.2, 0) is 42.7 Å². The average Bonchev–Trinajstić information content (AvgIpc) is 2.96. The summed E-state index contributed by atoms with van der Waals surface area (Å²) in [7, 11) is 0. The van der Waals surface area contributed by atoms with Crippen LogP contribution in [0.2, 0.25) is 0 Å². The smallest absolute Gasteiger partial charge is 0.163 e. The molecule has 0 spiro atoms. The van der Waals surface area contributed by atoms with Crippen molar-refractivity contribution in [3.8, 4) is 0 Å². The van der Waals surface area contributed by atoms with Crippen molar-refractivity contribution in [3.63, 3.8) is 0 Å². The second-order valence-electron chi connectivity index (χ2n) is 16.4. The molecule has 0 bridgehead atoms. The Bertz CT molecular complexity index is 1020. The van der Waals surface area contributed by atoms with Crippen LogP contribution in [-0.4, -0.2) is 90.5 Å². The first-order chi connectivity index (χ1) is 22.4. The highest BCUT2D eigenvalue weighted by Crippen LogP contribution is 2.39. The van der Waals surface area contributed by atoms with Crippen LogP contribution in [0.4, 0.5) is 0 Å². The molecule has 4 saturated heterocycles. The summed E-state index contributed by atoms with van der Waals surface area (Å²) in [4.78, 5) is 11.5. The lowest BCUT2D eigenvalue weighted by Gasteiger charge is -2.47. The van der Waals surface area contributed by atoms with Crippen molar-refractivity contribution in [2.45, 2.75) is 200 Å². The maximum absolute atomic E-state index is 11.5. The number of hydrogen-bond donors (Lipinski definition) is 1. The fraction of sp³-hybridized carbons (Fsp3) is 0.921. The molecule has 11 atom stereocenters. The molecule has 10 heteroatoms. The number of aliphatic hydroxyl groups is 1. The van der Waals surface area contributed by atoms with Crippen molar-refractivity contribution >= 4 is 6.29 Å². The van der Waals surface area contributed by atoms with E-state index < -0.39 is 23.5 Å². The molecule has 4 fully saturated rings. The quantitative estimate of drug-likeness (QED) is 0.154. The number of carbonyl (C=O) groups is 1. The fourth-order valence-electron chi connectivity index (χ4n) is 7.78. The zero-order valence-electron chi connectivity index (χ0n) is 31.4. The van der Waals surface area contributed by atoms with Gasteiger partial charge in [0.25, 0.3) is 0 Å². The van der Waals surface area contributed by atoms with Crippen LogP contribution in [0.25, 0.3) is 0 Å². The van der Waals surface area contributed by atoms with Gasteiger partial charge in [0.15, 0.2) is 23.7 Å². The molecular weight excluding hydrogens is 616 g/mol. The minimum atomic E-state index is -0.770. The summed E-state index contributed by atoms with van der Waals surface area (Å²) < 4.78 is 50.7. The van der Waals surface area contributed by atoms with Gasteiger partial charge in [0, 0.05) is 57.0 Å². The topological polar surface area (TPSA) is 111 Å². The Morgan fingerprint density at radius 1 is 0.729 bits per heavy atom. The van der Waals surface area contributed by atoms with E-state index in [0.717, 1.165) is 25.5 Å². The van der Waals surface area contributed by atoms with Gasteiger partial charge in [0.2, 0.25) is 0 Å². The zero-order valence-corrected chi connectivity index (χ0v) is 31.4. The normalized spacial score (nSPS) is 36.4. The van der Waals surface area contributed by atoms with Crippen molar-refractivity contribution in [1.29, 1.82) is 0 Å². The van der Waals surface area contributed by atoms with Crippen LogP contribution in [0.15, 0.2) is 12.2 Å². The molecule has 0 saturated carbocycles. The minimum absolute atomic E-state index is 0.00190. The number of aldehydes is 1. The molecule has 4 aliphatic heterocycles. The first kappa shape index (κ1) is 39.8. The highest BCUT2D eigenvalue weighted by Gasteiger charge is 2.44. The van der Waals surface area contributed by atoms with Gasteiger partial charge in [0.05, 0.1) is 48.8 Å². The Morgan fingerprint density at radius 3 is 1.77 bits per heavy atom. The van der Waals surface area contributed by atoms with E-state index in [1.54, 1.807) is 0 Å². The van der Waals surface area contributed by atoms with Gasteiger partial charge in [-0.3, -0.25) is 0 Å². The maximum atomic E-state index is 11.5. The minimum Gasteiger partial charge on any atom is -0.392 e. The summed E-state index contributed by atoms with van der Waals surface area (Å²) in [6, 6.07) is 0. The Hall–Kier alpha value is -0.950. The molecule has 4 heterocycles. The Balaban J connectivity index is 1.41. The third-order valence-electron chi connectivity index (χ3n) is 9.90. The Kier molecular flexibility index (Phi) is 14.1. The lowest BCUT2D eigenvalue weighted by Crippen LogP contribution is -2.51. The number of aliphatic hydroxyl groups excluding tert-OH is 1. The number of carbonyl (C=O) groups excluding carboxylic acids is 1. The molecule has 0 amide bonds. The monoisotopic (exact) mass is 682 g/mol. The molecule has 48 heavy (non-hydrogen) atoms. The fourth-order valence-corrected chi connectivity index (χ4v) is 7.78. The van der Waals surface area contributed by atoms with Crippen molar-refractivity contribution in [1.82, 2.24) is 0 Å². The van der Waals surface area contributed by atoms with Crippen LogP contribution < -0.4 is 0 Å². The molecule has 4 rings (SSSR count). The lowest BCUT2D eigenvalue weighted by atomic mass is 9.91. The molecule has 0 aromatic carbocycles. The van der Waals surface area contributed by atoms with Gasteiger partial charge in [-0.2, -0.15) is 0 Å². The van der Waals surface area contributed by atoms with Gasteiger partial charge < -0.3 is 47.8 Å². The molecule has 0 radical (unpaired) electrons. The van der Waals surface area contributed by atoms with E-state index in [1.165, 1.54) is 0 Å². The first-order valence-electron chi connectivity index (χ1n) is 18.6. The number of rotatable bonds is 14. The van der Waals surface area contributed by atoms with Gasteiger partial charge in [-0.15, -0.1) is 0 Å². The molecule has 278 valence electrons. The van der Waals surface area contributed by atoms with Crippen LogP contribution in [0.5, 0.6) is 0 Å². The predicted octanol–water partition coefficient (Wildman–Crippen LogP) is 6.84. The molecule has 4 aliphatic rings. The molecule has 0 aromatic rings. The summed E-state index contributed by atoms with van der Waals surface area (Å²) >= 11 is 0. The predicted molar refractivity (Wildman–Crippen MR) is 182 cm³/mol. The van der Waals surface area contributed by atoms with E-state index in [4.69, 9.17) is 37.9 Å². The van der Waals surface area contributed by atoms with Gasteiger partial charge in [-0.1, -0.05) is 39.8 Å². The SMILES string of the molecule is CC(C)[C@H](O)[C@@H](C)/C=C/[C@@H](C[C@H]1C[C@H](C[C@H]2C[C@H](C[C@@H]3C[C@H]([C@H](C)C=O)OC(C)(C)O3)OC(C)(C)O2)OC(C)(C)O1)OC1CCCCO1. The van der Waals surface area contributed by atoms with E-state index >= 15 is 0 Å². The summed E-state index contributed by atoms with van der Waals surface area (Å²) in [6.45, 7) is 20.4. The second kappa shape index (κ2) is 17.0. The third-order valence-corrected chi connectivity index (χ3v) is 9.90. The average molecular weight is 683 g/mol. The van der Waals surface area contributed by atoms with Crippen LogP contribution in [0.3, 0.4) is 0 Å². The van der Waals surface area contributed by atoms with E-state index in [-0.39, 0.29) is 66.8 Å². The van der Waals surface area contributed by atoms with Crippen molar-refractivity contribution in [3.05, 3.63) is 12.2 Å².